The van der Waals surface area contributed by atoms with Gasteiger partial charge in [0.15, 0.2) is 0 Å². The summed E-state index contributed by atoms with van der Waals surface area (Å²) >= 11 is 0. The first-order chi connectivity index (χ1) is 10.4. The maximum Gasteiger partial charge on any atom is 0.281 e. The van der Waals surface area contributed by atoms with Crippen LogP contribution in [0, 0.1) is 5.92 Å². The van der Waals surface area contributed by atoms with Gasteiger partial charge in [0.25, 0.3) is 10.2 Å². The molecule has 1 atom stereocenters. The minimum atomic E-state index is -3.45. The lowest BCUT2D eigenvalue weighted by atomic mass is 9.99. The monoisotopic (exact) mass is 325 g/mol. The Balaban J connectivity index is 1.93. The van der Waals surface area contributed by atoms with E-state index in [2.05, 4.69) is 5.32 Å². The Morgan fingerprint density at radius 3 is 2.64 bits per heavy atom. The molecule has 0 radical (unpaired) electrons. The van der Waals surface area contributed by atoms with Crippen LogP contribution in [0.3, 0.4) is 0 Å². The molecule has 1 unspecified atom stereocenters. The quantitative estimate of drug-likeness (QED) is 0.871. The number of benzene rings is 1. The van der Waals surface area contributed by atoms with E-state index < -0.39 is 10.2 Å². The van der Waals surface area contributed by atoms with Crippen molar-refractivity contribution in [3.8, 4) is 0 Å². The maximum absolute atomic E-state index is 12.3. The molecule has 6 nitrogen and oxygen atoms in total. The zero-order valence-corrected chi connectivity index (χ0v) is 13.8. The van der Waals surface area contributed by atoms with Gasteiger partial charge in [-0.3, -0.25) is 4.79 Å². The van der Waals surface area contributed by atoms with Gasteiger partial charge in [0.2, 0.25) is 5.91 Å². The number of carbonyl (C=O) groups excluding carboxylic acids is 1. The summed E-state index contributed by atoms with van der Waals surface area (Å²) in [6, 6.07) is 9.67. The molecular formula is C15H23N3O3S. The number of amides is 1. The van der Waals surface area contributed by atoms with E-state index in [0.29, 0.717) is 19.5 Å². The van der Waals surface area contributed by atoms with Crippen LogP contribution in [0.15, 0.2) is 30.3 Å². The molecule has 0 aliphatic carbocycles. The van der Waals surface area contributed by atoms with E-state index in [1.807, 2.05) is 30.3 Å². The van der Waals surface area contributed by atoms with Crippen LogP contribution in [0.1, 0.15) is 18.4 Å². The van der Waals surface area contributed by atoms with Gasteiger partial charge in [-0.2, -0.15) is 17.0 Å². The summed E-state index contributed by atoms with van der Waals surface area (Å²) in [4.78, 5) is 12.3. The number of rotatable bonds is 5. The molecule has 1 saturated heterocycles. The Bertz CT molecular complexity index is 602. The van der Waals surface area contributed by atoms with E-state index in [0.717, 1.165) is 12.0 Å². The molecule has 1 aromatic rings. The third-order valence-electron chi connectivity index (χ3n) is 3.85. The van der Waals surface area contributed by atoms with Gasteiger partial charge >= 0.3 is 0 Å². The smallest absolute Gasteiger partial charge is 0.281 e. The molecule has 0 aromatic heterocycles. The first-order valence-corrected chi connectivity index (χ1v) is 8.80. The fraction of sp³-hybridized carbons (Fsp3) is 0.533. The van der Waals surface area contributed by atoms with Crippen molar-refractivity contribution in [1.82, 2.24) is 13.9 Å². The average molecular weight is 325 g/mol. The molecule has 2 rings (SSSR count). The Morgan fingerprint density at radius 2 is 2.00 bits per heavy atom. The van der Waals surface area contributed by atoms with Crippen LogP contribution in [0.2, 0.25) is 0 Å². The highest BCUT2D eigenvalue weighted by Gasteiger charge is 2.33. The zero-order chi connectivity index (χ0) is 16.2. The molecule has 1 heterocycles. The van der Waals surface area contributed by atoms with E-state index in [1.165, 1.54) is 22.7 Å². The predicted molar refractivity (Wildman–Crippen MR) is 85.2 cm³/mol. The van der Waals surface area contributed by atoms with Gasteiger partial charge in [0.1, 0.15) is 0 Å². The van der Waals surface area contributed by atoms with E-state index >= 15 is 0 Å². The minimum absolute atomic E-state index is 0.0810. The molecule has 1 aliphatic rings. The number of piperidine rings is 1. The number of hydrogen-bond acceptors (Lipinski definition) is 3. The summed E-state index contributed by atoms with van der Waals surface area (Å²) in [5.74, 6) is -0.366. The average Bonchev–Trinajstić information content (AvgIpc) is 2.53. The predicted octanol–water partition coefficient (Wildman–Crippen LogP) is 0.821. The van der Waals surface area contributed by atoms with E-state index in [4.69, 9.17) is 0 Å². The van der Waals surface area contributed by atoms with Gasteiger partial charge in [-0.05, 0) is 18.4 Å². The molecular weight excluding hydrogens is 302 g/mol. The summed E-state index contributed by atoms with van der Waals surface area (Å²) in [5.41, 5.74) is 1.03. The molecule has 0 spiro atoms. The third kappa shape index (κ3) is 4.06. The van der Waals surface area contributed by atoms with Crippen molar-refractivity contribution in [2.24, 2.45) is 5.92 Å². The Morgan fingerprint density at radius 1 is 1.32 bits per heavy atom. The molecule has 122 valence electrons. The summed E-state index contributed by atoms with van der Waals surface area (Å²) < 4.78 is 26.9. The van der Waals surface area contributed by atoms with Crippen molar-refractivity contribution in [1.29, 1.82) is 0 Å². The molecule has 1 aromatic carbocycles. The second-order valence-corrected chi connectivity index (χ2v) is 7.83. The van der Waals surface area contributed by atoms with Crippen LogP contribution in [-0.2, 0) is 21.5 Å². The fourth-order valence-corrected chi connectivity index (χ4v) is 3.72. The lowest BCUT2D eigenvalue weighted by Crippen LogP contribution is -2.48. The second-order valence-electron chi connectivity index (χ2n) is 5.69. The van der Waals surface area contributed by atoms with Crippen LogP contribution in [0.4, 0.5) is 0 Å². The van der Waals surface area contributed by atoms with Crippen LogP contribution in [0.5, 0.6) is 0 Å². The normalized spacial score (nSPS) is 20.0. The SMILES string of the molecule is CN(C)S(=O)(=O)N1CCCC(C(=O)NCc2ccccc2)C1. The summed E-state index contributed by atoms with van der Waals surface area (Å²) in [6.07, 6.45) is 1.43. The van der Waals surface area contributed by atoms with Crippen LogP contribution in [-0.4, -0.2) is 50.1 Å². The number of nitrogens with one attached hydrogen (secondary N) is 1. The highest BCUT2D eigenvalue weighted by Crippen LogP contribution is 2.20. The van der Waals surface area contributed by atoms with Gasteiger partial charge in [-0.1, -0.05) is 30.3 Å². The molecule has 22 heavy (non-hydrogen) atoms. The zero-order valence-electron chi connectivity index (χ0n) is 13.0. The van der Waals surface area contributed by atoms with E-state index in [9.17, 15) is 13.2 Å². The Hall–Kier alpha value is -1.44. The van der Waals surface area contributed by atoms with Crippen molar-refractivity contribution in [2.75, 3.05) is 27.2 Å². The van der Waals surface area contributed by atoms with Gasteiger partial charge < -0.3 is 5.32 Å². The topological polar surface area (TPSA) is 69.7 Å². The van der Waals surface area contributed by atoms with E-state index in [1.54, 1.807) is 0 Å². The number of nitrogens with zero attached hydrogens (tertiary/aromatic N) is 2. The van der Waals surface area contributed by atoms with Crippen molar-refractivity contribution in [3.63, 3.8) is 0 Å². The van der Waals surface area contributed by atoms with Gasteiger partial charge in [0.05, 0.1) is 5.92 Å². The summed E-state index contributed by atoms with van der Waals surface area (Å²) in [6.45, 7) is 1.20. The maximum atomic E-state index is 12.3. The second kappa shape index (κ2) is 7.21. The standard InChI is InChI=1S/C15H23N3O3S/c1-17(2)22(20,21)18-10-6-9-14(12-18)15(19)16-11-13-7-4-3-5-8-13/h3-5,7-8,14H,6,9-12H2,1-2H3,(H,16,19). The first-order valence-electron chi connectivity index (χ1n) is 7.40. The van der Waals surface area contributed by atoms with Crippen molar-refractivity contribution < 1.29 is 13.2 Å². The lowest BCUT2D eigenvalue weighted by Gasteiger charge is -2.32. The van der Waals surface area contributed by atoms with Gasteiger partial charge in [-0.15, -0.1) is 0 Å². The largest absolute Gasteiger partial charge is 0.352 e. The molecule has 0 saturated carbocycles. The molecule has 1 fully saturated rings. The van der Waals surface area contributed by atoms with Crippen molar-refractivity contribution in [3.05, 3.63) is 35.9 Å². The van der Waals surface area contributed by atoms with E-state index in [-0.39, 0.29) is 18.4 Å². The minimum Gasteiger partial charge on any atom is -0.352 e. The molecule has 1 aliphatic heterocycles. The molecule has 1 N–H and O–H groups in total. The van der Waals surface area contributed by atoms with Crippen molar-refractivity contribution in [2.45, 2.75) is 19.4 Å². The molecule has 7 heteroatoms. The summed E-state index contributed by atoms with van der Waals surface area (Å²) in [7, 11) is -0.430. The summed E-state index contributed by atoms with van der Waals surface area (Å²) in [5, 5.41) is 2.90. The molecule has 1 amide bonds. The third-order valence-corrected chi connectivity index (χ3v) is 5.76. The van der Waals surface area contributed by atoms with Gasteiger partial charge in [0, 0.05) is 33.7 Å². The van der Waals surface area contributed by atoms with Crippen molar-refractivity contribution >= 4 is 16.1 Å². The lowest BCUT2D eigenvalue weighted by molar-refractivity contribution is -0.126. The highest BCUT2D eigenvalue weighted by atomic mass is 32.2. The highest BCUT2D eigenvalue weighted by molar-refractivity contribution is 7.86. The number of hydrogen-bond donors (Lipinski definition) is 1. The Kier molecular flexibility index (Phi) is 5.55. The van der Waals surface area contributed by atoms with Crippen LogP contribution >= 0.6 is 0 Å². The van der Waals surface area contributed by atoms with Gasteiger partial charge in [-0.25, -0.2) is 0 Å². The number of carbonyl (C=O) groups is 1. The first kappa shape index (κ1) is 16.9. The Labute approximate surface area is 132 Å². The van der Waals surface area contributed by atoms with Crippen LogP contribution < -0.4 is 5.32 Å². The van der Waals surface area contributed by atoms with Crippen LogP contribution in [0.25, 0.3) is 0 Å². The molecule has 0 bridgehead atoms. The fourth-order valence-electron chi connectivity index (χ4n) is 2.53.